The van der Waals surface area contributed by atoms with E-state index in [0.29, 0.717) is 0 Å². The lowest BCUT2D eigenvalue weighted by Gasteiger charge is -2.12. The summed E-state index contributed by atoms with van der Waals surface area (Å²) in [6.45, 7) is 3.25. The van der Waals surface area contributed by atoms with Crippen LogP contribution in [0.4, 0.5) is 0 Å². The van der Waals surface area contributed by atoms with Gasteiger partial charge in [-0.2, -0.15) is 0 Å². The molecule has 78 valence electrons. The minimum atomic E-state index is 0.142. The Morgan fingerprint density at radius 1 is 1.21 bits per heavy atom. The number of nitrogens with zero attached hydrogens (tertiary/aromatic N) is 1. The molecule has 1 rings (SSSR count). The van der Waals surface area contributed by atoms with Crippen molar-refractivity contribution in [3.8, 4) is 0 Å². The van der Waals surface area contributed by atoms with Crippen molar-refractivity contribution in [1.29, 1.82) is 0 Å². The number of likely N-dealkylation sites (N-methyl/N-ethyl adjacent to an activating group) is 1. The van der Waals surface area contributed by atoms with Crippen LogP contribution < -0.4 is 0 Å². The third-order valence-corrected chi connectivity index (χ3v) is 2.36. The molecule has 0 atom stereocenters. The average Bonchev–Trinajstić information content (AvgIpc) is 2.15. The summed E-state index contributed by atoms with van der Waals surface area (Å²) in [7, 11) is 4.13. The number of hydrogen-bond donors (Lipinski definition) is 1. The predicted molar refractivity (Wildman–Crippen MR) is 59.4 cm³/mol. The maximum absolute atomic E-state index is 9.16. The fourth-order valence-electron chi connectivity index (χ4n) is 1.49. The Bertz CT molecular complexity index is 294. The molecule has 0 aliphatic carbocycles. The average molecular weight is 193 g/mol. The molecule has 0 unspecified atom stereocenters. The zero-order valence-corrected chi connectivity index (χ0v) is 9.25. The van der Waals surface area contributed by atoms with E-state index < -0.39 is 0 Å². The van der Waals surface area contributed by atoms with Gasteiger partial charge in [0.25, 0.3) is 0 Å². The molecule has 2 heteroatoms. The Balaban J connectivity index is 2.77. The highest BCUT2D eigenvalue weighted by atomic mass is 16.3. The Morgan fingerprint density at radius 2 is 1.93 bits per heavy atom. The number of benzene rings is 1. The van der Waals surface area contributed by atoms with E-state index in [-0.39, 0.29) is 6.61 Å². The van der Waals surface area contributed by atoms with Crippen LogP contribution in [-0.4, -0.2) is 30.6 Å². The van der Waals surface area contributed by atoms with Crippen molar-refractivity contribution < 1.29 is 5.11 Å². The van der Waals surface area contributed by atoms with Crippen molar-refractivity contribution in [2.75, 3.05) is 20.6 Å². The molecule has 0 aromatic heterocycles. The summed E-state index contributed by atoms with van der Waals surface area (Å²) >= 11 is 0. The van der Waals surface area contributed by atoms with Gasteiger partial charge in [-0.25, -0.2) is 0 Å². The largest absolute Gasteiger partial charge is 0.392 e. The minimum absolute atomic E-state index is 0.142. The monoisotopic (exact) mass is 193 g/mol. The standard InChI is InChI=1S/C12H19NO/c1-10-4-5-12(9-14)11(8-10)6-7-13(2)3/h4-5,8,14H,6-7,9H2,1-3H3. The highest BCUT2D eigenvalue weighted by Gasteiger charge is 2.02. The molecule has 0 aliphatic rings. The molecule has 0 radical (unpaired) electrons. The van der Waals surface area contributed by atoms with Crippen LogP contribution in [0.1, 0.15) is 16.7 Å². The van der Waals surface area contributed by atoms with Crippen molar-refractivity contribution in [1.82, 2.24) is 4.90 Å². The summed E-state index contributed by atoms with van der Waals surface area (Å²) in [6, 6.07) is 6.22. The van der Waals surface area contributed by atoms with Gasteiger partial charge in [0.1, 0.15) is 0 Å². The fourth-order valence-corrected chi connectivity index (χ4v) is 1.49. The van der Waals surface area contributed by atoms with Crippen LogP contribution in [-0.2, 0) is 13.0 Å². The highest BCUT2D eigenvalue weighted by molar-refractivity contribution is 5.31. The van der Waals surface area contributed by atoms with E-state index >= 15 is 0 Å². The van der Waals surface area contributed by atoms with E-state index in [1.807, 2.05) is 12.1 Å². The molecule has 14 heavy (non-hydrogen) atoms. The van der Waals surface area contributed by atoms with Crippen LogP contribution in [0.25, 0.3) is 0 Å². The number of aliphatic hydroxyl groups excluding tert-OH is 1. The van der Waals surface area contributed by atoms with E-state index in [4.69, 9.17) is 5.11 Å². The van der Waals surface area contributed by atoms with Crippen LogP contribution in [0.3, 0.4) is 0 Å². The maximum atomic E-state index is 9.16. The molecule has 2 nitrogen and oxygen atoms in total. The number of rotatable bonds is 4. The van der Waals surface area contributed by atoms with Crippen molar-refractivity contribution in [3.05, 3.63) is 34.9 Å². The van der Waals surface area contributed by atoms with Crippen molar-refractivity contribution in [2.24, 2.45) is 0 Å². The summed E-state index contributed by atoms with van der Waals surface area (Å²) in [4.78, 5) is 2.16. The Morgan fingerprint density at radius 3 is 2.50 bits per heavy atom. The lowest BCUT2D eigenvalue weighted by Crippen LogP contribution is -2.15. The van der Waals surface area contributed by atoms with Gasteiger partial charge in [-0.15, -0.1) is 0 Å². The summed E-state index contributed by atoms with van der Waals surface area (Å²) in [5.74, 6) is 0. The number of aryl methyl sites for hydroxylation is 1. The lowest BCUT2D eigenvalue weighted by atomic mass is 10.0. The van der Waals surface area contributed by atoms with Gasteiger partial charge < -0.3 is 10.0 Å². The SMILES string of the molecule is Cc1ccc(CO)c(CCN(C)C)c1. The van der Waals surface area contributed by atoms with Gasteiger partial charge in [0.2, 0.25) is 0 Å². The number of hydrogen-bond acceptors (Lipinski definition) is 2. The third-order valence-electron chi connectivity index (χ3n) is 2.36. The van der Waals surface area contributed by atoms with Crippen LogP contribution in [0.5, 0.6) is 0 Å². The first kappa shape index (κ1) is 11.2. The molecule has 0 bridgehead atoms. The minimum Gasteiger partial charge on any atom is -0.392 e. The summed E-state index contributed by atoms with van der Waals surface area (Å²) in [5, 5.41) is 9.16. The topological polar surface area (TPSA) is 23.5 Å². The maximum Gasteiger partial charge on any atom is 0.0684 e. The molecule has 0 saturated carbocycles. The van der Waals surface area contributed by atoms with Gasteiger partial charge >= 0.3 is 0 Å². The van der Waals surface area contributed by atoms with Crippen molar-refractivity contribution >= 4 is 0 Å². The Kier molecular flexibility index (Phi) is 4.11. The second-order valence-electron chi connectivity index (χ2n) is 3.98. The molecular weight excluding hydrogens is 174 g/mol. The quantitative estimate of drug-likeness (QED) is 0.785. The van der Waals surface area contributed by atoms with Crippen molar-refractivity contribution in [3.63, 3.8) is 0 Å². The van der Waals surface area contributed by atoms with Crippen LogP contribution >= 0.6 is 0 Å². The predicted octanol–water partition coefficient (Wildman–Crippen LogP) is 1.59. The van der Waals surface area contributed by atoms with E-state index in [1.165, 1.54) is 11.1 Å². The van der Waals surface area contributed by atoms with E-state index in [1.54, 1.807) is 0 Å². The smallest absolute Gasteiger partial charge is 0.0684 e. The molecule has 1 aromatic rings. The Hall–Kier alpha value is -0.860. The lowest BCUT2D eigenvalue weighted by molar-refractivity contribution is 0.280. The van der Waals surface area contributed by atoms with Gasteiger partial charge in [0.05, 0.1) is 6.61 Å². The van der Waals surface area contributed by atoms with Gasteiger partial charge in [-0.3, -0.25) is 0 Å². The van der Waals surface area contributed by atoms with Crippen molar-refractivity contribution in [2.45, 2.75) is 20.0 Å². The first-order chi connectivity index (χ1) is 6.63. The zero-order chi connectivity index (χ0) is 10.6. The van der Waals surface area contributed by atoms with Gasteiger partial charge in [0.15, 0.2) is 0 Å². The number of aliphatic hydroxyl groups is 1. The fraction of sp³-hybridized carbons (Fsp3) is 0.500. The Labute approximate surface area is 86.2 Å². The molecule has 0 amide bonds. The van der Waals surface area contributed by atoms with E-state index in [9.17, 15) is 0 Å². The van der Waals surface area contributed by atoms with Crippen LogP contribution in [0.2, 0.25) is 0 Å². The zero-order valence-electron chi connectivity index (χ0n) is 9.25. The second kappa shape index (κ2) is 5.13. The highest BCUT2D eigenvalue weighted by Crippen LogP contribution is 2.12. The molecule has 0 saturated heterocycles. The third kappa shape index (κ3) is 3.13. The van der Waals surface area contributed by atoms with Gasteiger partial charge in [-0.05, 0) is 38.6 Å². The molecule has 0 fully saturated rings. The van der Waals surface area contributed by atoms with Crippen LogP contribution in [0, 0.1) is 6.92 Å². The molecule has 0 aliphatic heterocycles. The van der Waals surface area contributed by atoms with Gasteiger partial charge in [0, 0.05) is 6.54 Å². The first-order valence-electron chi connectivity index (χ1n) is 4.97. The molecule has 0 spiro atoms. The second-order valence-corrected chi connectivity index (χ2v) is 3.98. The molecule has 1 aromatic carbocycles. The first-order valence-corrected chi connectivity index (χ1v) is 4.97. The molecule has 1 N–H and O–H groups in total. The summed E-state index contributed by atoms with van der Waals surface area (Å²) in [6.07, 6.45) is 1.00. The normalized spacial score (nSPS) is 10.9. The van der Waals surface area contributed by atoms with E-state index in [0.717, 1.165) is 18.5 Å². The van der Waals surface area contributed by atoms with Gasteiger partial charge in [-0.1, -0.05) is 23.8 Å². The summed E-state index contributed by atoms with van der Waals surface area (Å²) in [5.41, 5.74) is 3.58. The summed E-state index contributed by atoms with van der Waals surface area (Å²) < 4.78 is 0. The molecular formula is C12H19NO. The molecule has 0 heterocycles. The van der Waals surface area contributed by atoms with Crippen LogP contribution in [0.15, 0.2) is 18.2 Å². The van der Waals surface area contributed by atoms with E-state index in [2.05, 4.69) is 32.0 Å².